The SMILES string of the molecule is COc1ccccc1-c1csc(N/N=C\c2cc(Cl)c(OCC(C)C)c(Cl)c2)n1. The summed E-state index contributed by atoms with van der Waals surface area (Å²) < 4.78 is 11.1. The largest absolute Gasteiger partial charge is 0.496 e. The number of thiazole rings is 1. The Labute approximate surface area is 184 Å². The third-order valence-electron chi connectivity index (χ3n) is 3.84. The molecule has 0 radical (unpaired) electrons. The molecule has 1 heterocycles. The summed E-state index contributed by atoms with van der Waals surface area (Å²) in [5, 5.41) is 7.75. The van der Waals surface area contributed by atoms with Gasteiger partial charge in [0.1, 0.15) is 5.75 Å². The number of rotatable bonds is 8. The van der Waals surface area contributed by atoms with Crippen molar-refractivity contribution in [3.05, 3.63) is 57.4 Å². The van der Waals surface area contributed by atoms with E-state index in [1.54, 1.807) is 25.5 Å². The van der Waals surface area contributed by atoms with Gasteiger partial charge >= 0.3 is 0 Å². The molecule has 0 bridgehead atoms. The fraction of sp³-hybridized carbons (Fsp3) is 0.238. The summed E-state index contributed by atoms with van der Waals surface area (Å²) in [6.07, 6.45) is 1.63. The van der Waals surface area contributed by atoms with Gasteiger partial charge in [0.15, 0.2) is 5.75 Å². The van der Waals surface area contributed by atoms with Crippen LogP contribution in [0.4, 0.5) is 5.13 Å². The smallest absolute Gasteiger partial charge is 0.203 e. The van der Waals surface area contributed by atoms with E-state index in [-0.39, 0.29) is 0 Å². The van der Waals surface area contributed by atoms with Crippen molar-refractivity contribution in [3.8, 4) is 22.8 Å². The van der Waals surface area contributed by atoms with E-state index in [0.29, 0.717) is 33.5 Å². The topological polar surface area (TPSA) is 55.7 Å². The predicted molar refractivity (Wildman–Crippen MR) is 122 cm³/mol. The number of para-hydroxylation sites is 1. The lowest BCUT2D eigenvalue weighted by atomic mass is 10.1. The summed E-state index contributed by atoms with van der Waals surface area (Å²) in [5.41, 5.74) is 5.44. The fourth-order valence-electron chi connectivity index (χ4n) is 2.51. The van der Waals surface area contributed by atoms with Gasteiger partial charge in [0.05, 0.1) is 35.7 Å². The Bertz CT molecular complexity index is 982. The Morgan fingerprint density at radius 2 is 1.93 bits per heavy atom. The van der Waals surface area contributed by atoms with E-state index in [1.807, 2.05) is 29.6 Å². The molecule has 0 aliphatic carbocycles. The Morgan fingerprint density at radius 3 is 2.62 bits per heavy atom. The lowest BCUT2D eigenvalue weighted by Gasteiger charge is -2.12. The van der Waals surface area contributed by atoms with Crippen LogP contribution in [0.5, 0.6) is 11.5 Å². The summed E-state index contributed by atoms with van der Waals surface area (Å²) in [7, 11) is 1.64. The molecule has 152 valence electrons. The average Bonchev–Trinajstić information content (AvgIpc) is 3.16. The quantitative estimate of drug-likeness (QED) is 0.310. The minimum absolute atomic E-state index is 0.381. The first-order valence-corrected chi connectivity index (χ1v) is 10.6. The van der Waals surface area contributed by atoms with Gasteiger partial charge in [0, 0.05) is 10.9 Å². The number of nitrogens with one attached hydrogen (secondary N) is 1. The maximum atomic E-state index is 6.30. The third kappa shape index (κ3) is 5.63. The van der Waals surface area contributed by atoms with E-state index in [1.165, 1.54) is 11.3 Å². The molecule has 3 rings (SSSR count). The van der Waals surface area contributed by atoms with E-state index in [9.17, 15) is 0 Å². The number of aromatic nitrogens is 1. The molecule has 0 spiro atoms. The van der Waals surface area contributed by atoms with Gasteiger partial charge in [-0.15, -0.1) is 11.3 Å². The highest BCUT2D eigenvalue weighted by Crippen LogP contribution is 2.34. The first-order chi connectivity index (χ1) is 14.0. The van der Waals surface area contributed by atoms with Gasteiger partial charge in [-0.25, -0.2) is 4.98 Å². The van der Waals surface area contributed by atoms with Crippen molar-refractivity contribution in [3.63, 3.8) is 0 Å². The predicted octanol–water partition coefficient (Wildman–Crippen LogP) is 6.61. The van der Waals surface area contributed by atoms with Crippen LogP contribution in [-0.2, 0) is 0 Å². The highest BCUT2D eigenvalue weighted by atomic mass is 35.5. The second-order valence-electron chi connectivity index (χ2n) is 6.63. The van der Waals surface area contributed by atoms with Crippen molar-refractivity contribution in [2.45, 2.75) is 13.8 Å². The lowest BCUT2D eigenvalue weighted by Crippen LogP contribution is -2.05. The molecule has 2 aromatic carbocycles. The maximum Gasteiger partial charge on any atom is 0.203 e. The van der Waals surface area contributed by atoms with E-state index < -0.39 is 0 Å². The van der Waals surface area contributed by atoms with Crippen molar-refractivity contribution < 1.29 is 9.47 Å². The standard InChI is InChI=1S/C21H21Cl2N3O2S/c1-13(2)11-28-20-16(22)8-14(9-17(20)23)10-24-26-21-25-18(12-29-21)15-6-4-5-7-19(15)27-3/h4-10,12-13H,11H2,1-3H3,(H,25,26)/b24-10-. The van der Waals surface area contributed by atoms with E-state index in [4.69, 9.17) is 32.7 Å². The number of hydrazone groups is 1. The van der Waals surface area contributed by atoms with Crippen LogP contribution < -0.4 is 14.9 Å². The molecular formula is C21H21Cl2N3O2S. The van der Waals surface area contributed by atoms with Gasteiger partial charge in [-0.1, -0.05) is 49.2 Å². The Hall–Kier alpha value is -2.28. The Morgan fingerprint density at radius 1 is 1.21 bits per heavy atom. The zero-order valence-corrected chi connectivity index (χ0v) is 18.6. The number of methoxy groups -OCH3 is 1. The summed E-state index contributed by atoms with van der Waals surface area (Å²) in [4.78, 5) is 4.55. The third-order valence-corrected chi connectivity index (χ3v) is 5.15. The van der Waals surface area contributed by atoms with Gasteiger partial charge in [-0.2, -0.15) is 5.10 Å². The van der Waals surface area contributed by atoms with E-state index >= 15 is 0 Å². The van der Waals surface area contributed by atoms with E-state index in [0.717, 1.165) is 22.6 Å². The van der Waals surface area contributed by atoms with Crippen LogP contribution >= 0.6 is 34.5 Å². The normalized spacial score (nSPS) is 11.2. The summed E-state index contributed by atoms with van der Waals surface area (Å²) >= 11 is 14.1. The number of halogens is 2. The lowest BCUT2D eigenvalue weighted by molar-refractivity contribution is 0.271. The highest BCUT2D eigenvalue weighted by molar-refractivity contribution is 7.14. The number of hydrogen-bond donors (Lipinski definition) is 1. The van der Waals surface area contributed by atoms with Gasteiger partial charge in [-0.3, -0.25) is 5.43 Å². The molecule has 5 nitrogen and oxygen atoms in total. The molecule has 0 aliphatic heterocycles. The van der Waals surface area contributed by atoms with Crippen LogP contribution in [0.1, 0.15) is 19.4 Å². The van der Waals surface area contributed by atoms with Crippen LogP contribution in [0.2, 0.25) is 10.0 Å². The first-order valence-electron chi connectivity index (χ1n) is 8.97. The molecule has 0 saturated heterocycles. The van der Waals surface area contributed by atoms with Crippen LogP contribution in [-0.4, -0.2) is 24.9 Å². The number of ether oxygens (including phenoxy) is 2. The molecule has 3 aromatic rings. The van der Waals surface area contributed by atoms with Crippen molar-refractivity contribution in [2.24, 2.45) is 11.0 Å². The molecule has 0 atom stereocenters. The van der Waals surface area contributed by atoms with Gasteiger partial charge < -0.3 is 9.47 Å². The van der Waals surface area contributed by atoms with Crippen molar-refractivity contribution in [1.82, 2.24) is 4.98 Å². The summed E-state index contributed by atoms with van der Waals surface area (Å²) in [5.74, 6) is 1.65. The second kappa shape index (κ2) is 9.96. The molecule has 0 aliphatic rings. The van der Waals surface area contributed by atoms with Crippen LogP contribution in [0.3, 0.4) is 0 Å². The maximum absolute atomic E-state index is 6.30. The second-order valence-corrected chi connectivity index (χ2v) is 8.30. The molecule has 0 fully saturated rings. The molecule has 29 heavy (non-hydrogen) atoms. The molecule has 8 heteroatoms. The fourth-order valence-corrected chi connectivity index (χ4v) is 3.78. The van der Waals surface area contributed by atoms with Gasteiger partial charge in [0.25, 0.3) is 0 Å². The monoisotopic (exact) mass is 449 g/mol. The first kappa shape index (κ1) is 21.4. The number of nitrogens with zero attached hydrogens (tertiary/aromatic N) is 2. The summed E-state index contributed by atoms with van der Waals surface area (Å²) in [6.45, 7) is 4.67. The van der Waals surface area contributed by atoms with Crippen molar-refractivity contribution in [1.29, 1.82) is 0 Å². The number of anilines is 1. The van der Waals surface area contributed by atoms with Gasteiger partial charge in [0.2, 0.25) is 5.13 Å². The Balaban J connectivity index is 1.68. The molecule has 1 N–H and O–H groups in total. The molecule has 0 saturated carbocycles. The van der Waals surface area contributed by atoms with Crippen LogP contribution in [0, 0.1) is 5.92 Å². The highest BCUT2D eigenvalue weighted by Gasteiger charge is 2.11. The average molecular weight is 450 g/mol. The zero-order chi connectivity index (χ0) is 20.8. The summed E-state index contributed by atoms with van der Waals surface area (Å²) in [6, 6.07) is 11.3. The van der Waals surface area contributed by atoms with Crippen LogP contribution in [0.25, 0.3) is 11.3 Å². The minimum atomic E-state index is 0.381. The molecule has 0 amide bonds. The molecular weight excluding hydrogens is 429 g/mol. The number of hydrogen-bond acceptors (Lipinski definition) is 6. The minimum Gasteiger partial charge on any atom is -0.496 e. The molecule has 1 aromatic heterocycles. The molecule has 0 unspecified atom stereocenters. The van der Waals surface area contributed by atoms with Crippen LogP contribution in [0.15, 0.2) is 46.9 Å². The zero-order valence-electron chi connectivity index (χ0n) is 16.3. The van der Waals surface area contributed by atoms with E-state index in [2.05, 4.69) is 29.4 Å². The number of benzene rings is 2. The van der Waals surface area contributed by atoms with Crippen molar-refractivity contribution in [2.75, 3.05) is 19.1 Å². The Kier molecular flexibility index (Phi) is 7.36. The van der Waals surface area contributed by atoms with Gasteiger partial charge in [-0.05, 0) is 35.7 Å². The van der Waals surface area contributed by atoms with Crippen molar-refractivity contribution >= 4 is 45.9 Å².